The molecule has 0 spiro atoms. The number of aryl methyl sites for hydroxylation is 1. The second-order valence-corrected chi connectivity index (χ2v) is 6.01. The Morgan fingerprint density at radius 2 is 1.56 bits per heavy atom. The van der Waals surface area contributed by atoms with Gasteiger partial charge in [0.25, 0.3) is 5.91 Å². The molecular weight excluding hydrogens is 306 g/mol. The monoisotopic (exact) mass is 327 g/mol. The van der Waals surface area contributed by atoms with Crippen molar-refractivity contribution in [1.82, 2.24) is 5.32 Å². The maximum atomic E-state index is 12.8. The third-order valence-electron chi connectivity index (χ3n) is 3.98. The molecule has 3 rings (SSSR count). The Hall–Kier alpha value is -3.13. The summed E-state index contributed by atoms with van der Waals surface area (Å²) in [4.78, 5) is 12.8. The van der Waals surface area contributed by atoms with E-state index < -0.39 is 0 Å². The van der Waals surface area contributed by atoms with Crippen LogP contribution in [0.3, 0.4) is 0 Å². The van der Waals surface area contributed by atoms with Gasteiger partial charge in [-0.25, -0.2) is 0 Å². The number of amides is 1. The van der Waals surface area contributed by atoms with E-state index in [2.05, 4.69) is 24.4 Å². The molecule has 0 heterocycles. The molecule has 2 nitrogen and oxygen atoms in total. The van der Waals surface area contributed by atoms with E-state index in [0.29, 0.717) is 12.1 Å². The van der Waals surface area contributed by atoms with Gasteiger partial charge >= 0.3 is 0 Å². The summed E-state index contributed by atoms with van der Waals surface area (Å²) in [5.41, 5.74) is 4.87. The topological polar surface area (TPSA) is 29.1 Å². The fraction of sp³-hybridized carbons (Fsp3) is 0.0870. The molecule has 0 aliphatic rings. The third-order valence-corrected chi connectivity index (χ3v) is 3.98. The van der Waals surface area contributed by atoms with Crippen LogP contribution in [0.4, 0.5) is 0 Å². The summed E-state index contributed by atoms with van der Waals surface area (Å²) >= 11 is 0. The highest BCUT2D eigenvalue weighted by Crippen LogP contribution is 2.18. The second kappa shape index (κ2) is 8.11. The van der Waals surface area contributed by atoms with Crippen LogP contribution in [0.2, 0.25) is 0 Å². The van der Waals surface area contributed by atoms with E-state index in [4.69, 9.17) is 0 Å². The van der Waals surface area contributed by atoms with Crippen molar-refractivity contribution in [3.63, 3.8) is 0 Å². The number of hydrogen-bond donors (Lipinski definition) is 1. The third kappa shape index (κ3) is 4.67. The molecule has 0 saturated heterocycles. The first-order chi connectivity index (χ1) is 12.2. The van der Waals surface area contributed by atoms with Crippen molar-refractivity contribution < 1.29 is 4.79 Å². The SMILES string of the molecule is Cc1cccc(CNC(=O)/C(=C/c2ccccc2)c2ccccc2)c1. The minimum atomic E-state index is -0.0726. The molecule has 2 heteroatoms. The van der Waals surface area contributed by atoms with Gasteiger partial charge in [0.1, 0.15) is 0 Å². The van der Waals surface area contributed by atoms with Crippen LogP contribution in [0.5, 0.6) is 0 Å². The number of carbonyl (C=O) groups is 1. The second-order valence-electron chi connectivity index (χ2n) is 6.01. The van der Waals surface area contributed by atoms with Gasteiger partial charge in [-0.2, -0.15) is 0 Å². The summed E-state index contributed by atoms with van der Waals surface area (Å²) in [6.07, 6.45) is 1.93. The standard InChI is InChI=1S/C23H21NO/c1-18-9-8-12-20(15-18)17-24-23(25)22(21-13-6-3-7-14-21)16-19-10-4-2-5-11-19/h2-16H,17H2,1H3,(H,24,25)/b22-16+. The van der Waals surface area contributed by atoms with E-state index in [-0.39, 0.29) is 5.91 Å². The van der Waals surface area contributed by atoms with E-state index in [0.717, 1.165) is 16.7 Å². The number of benzene rings is 3. The Balaban J connectivity index is 1.84. The van der Waals surface area contributed by atoms with Crippen LogP contribution in [0.25, 0.3) is 11.6 Å². The predicted octanol–water partition coefficient (Wildman–Crippen LogP) is 4.85. The quantitative estimate of drug-likeness (QED) is 0.526. The van der Waals surface area contributed by atoms with Crippen LogP contribution in [-0.2, 0) is 11.3 Å². The van der Waals surface area contributed by atoms with E-state index in [1.54, 1.807) is 0 Å². The van der Waals surface area contributed by atoms with E-state index in [1.165, 1.54) is 5.56 Å². The maximum Gasteiger partial charge on any atom is 0.252 e. The zero-order valence-corrected chi connectivity index (χ0v) is 14.3. The van der Waals surface area contributed by atoms with E-state index >= 15 is 0 Å². The number of nitrogens with one attached hydrogen (secondary N) is 1. The summed E-state index contributed by atoms with van der Waals surface area (Å²) in [7, 11) is 0. The van der Waals surface area contributed by atoms with Gasteiger partial charge in [-0.05, 0) is 29.7 Å². The molecule has 1 amide bonds. The van der Waals surface area contributed by atoms with Crippen LogP contribution >= 0.6 is 0 Å². The van der Waals surface area contributed by atoms with Crippen LogP contribution in [0, 0.1) is 6.92 Å². The first-order valence-electron chi connectivity index (χ1n) is 8.38. The Bertz CT molecular complexity index is 867. The lowest BCUT2D eigenvalue weighted by Gasteiger charge is -2.10. The summed E-state index contributed by atoms with van der Waals surface area (Å²) < 4.78 is 0. The molecular formula is C23H21NO. The molecule has 0 saturated carbocycles. The molecule has 25 heavy (non-hydrogen) atoms. The number of carbonyl (C=O) groups excluding carboxylic acids is 1. The summed E-state index contributed by atoms with van der Waals surface area (Å²) in [5.74, 6) is -0.0726. The molecule has 0 atom stereocenters. The lowest BCUT2D eigenvalue weighted by Crippen LogP contribution is -2.23. The first-order valence-corrected chi connectivity index (χ1v) is 8.38. The molecule has 0 aliphatic carbocycles. The normalized spacial score (nSPS) is 11.2. The zero-order chi connectivity index (χ0) is 17.5. The van der Waals surface area contributed by atoms with Crippen molar-refractivity contribution >= 4 is 17.6 Å². The molecule has 0 aromatic heterocycles. The summed E-state index contributed by atoms with van der Waals surface area (Å²) in [6, 6.07) is 27.8. The molecule has 3 aromatic rings. The van der Waals surface area contributed by atoms with Crippen LogP contribution in [-0.4, -0.2) is 5.91 Å². The van der Waals surface area contributed by atoms with Gasteiger partial charge in [-0.15, -0.1) is 0 Å². The van der Waals surface area contributed by atoms with Gasteiger partial charge in [0, 0.05) is 12.1 Å². The fourth-order valence-electron chi connectivity index (χ4n) is 2.71. The maximum absolute atomic E-state index is 12.8. The molecule has 0 radical (unpaired) electrons. The predicted molar refractivity (Wildman–Crippen MR) is 104 cm³/mol. The van der Waals surface area contributed by atoms with Gasteiger partial charge in [-0.1, -0.05) is 90.5 Å². The highest BCUT2D eigenvalue weighted by molar-refractivity contribution is 6.24. The summed E-state index contributed by atoms with van der Waals surface area (Å²) in [6.45, 7) is 2.56. The average molecular weight is 327 g/mol. The van der Waals surface area contributed by atoms with Crippen LogP contribution < -0.4 is 5.32 Å². The Morgan fingerprint density at radius 3 is 2.24 bits per heavy atom. The fourth-order valence-corrected chi connectivity index (χ4v) is 2.71. The Labute approximate surface area is 148 Å². The van der Waals surface area contributed by atoms with E-state index in [9.17, 15) is 4.79 Å². The van der Waals surface area contributed by atoms with Crippen LogP contribution in [0.15, 0.2) is 84.9 Å². The lowest BCUT2D eigenvalue weighted by molar-refractivity contribution is -0.115. The largest absolute Gasteiger partial charge is 0.348 e. The molecule has 124 valence electrons. The van der Waals surface area contributed by atoms with Crippen molar-refractivity contribution in [3.8, 4) is 0 Å². The van der Waals surface area contributed by atoms with E-state index in [1.807, 2.05) is 78.9 Å². The van der Waals surface area contributed by atoms with Crippen molar-refractivity contribution in [2.24, 2.45) is 0 Å². The zero-order valence-electron chi connectivity index (χ0n) is 14.3. The van der Waals surface area contributed by atoms with Gasteiger partial charge in [0.2, 0.25) is 0 Å². The number of rotatable bonds is 5. The molecule has 0 fully saturated rings. The minimum Gasteiger partial charge on any atom is -0.348 e. The molecule has 0 bridgehead atoms. The Kier molecular flexibility index (Phi) is 5.43. The van der Waals surface area contributed by atoms with Gasteiger partial charge in [0.15, 0.2) is 0 Å². The van der Waals surface area contributed by atoms with Gasteiger partial charge < -0.3 is 5.32 Å². The van der Waals surface area contributed by atoms with Gasteiger partial charge in [0.05, 0.1) is 0 Å². The molecule has 1 N–H and O–H groups in total. The average Bonchev–Trinajstić information content (AvgIpc) is 2.66. The highest BCUT2D eigenvalue weighted by Gasteiger charge is 2.11. The minimum absolute atomic E-state index is 0.0726. The number of hydrogen-bond acceptors (Lipinski definition) is 1. The Morgan fingerprint density at radius 1 is 0.880 bits per heavy atom. The smallest absolute Gasteiger partial charge is 0.252 e. The molecule has 3 aromatic carbocycles. The highest BCUT2D eigenvalue weighted by atomic mass is 16.1. The molecule has 0 aliphatic heterocycles. The summed E-state index contributed by atoms with van der Waals surface area (Å²) in [5, 5.41) is 3.04. The van der Waals surface area contributed by atoms with Crippen molar-refractivity contribution in [2.45, 2.75) is 13.5 Å². The first kappa shape index (κ1) is 16.7. The molecule has 0 unspecified atom stereocenters. The van der Waals surface area contributed by atoms with Gasteiger partial charge in [-0.3, -0.25) is 4.79 Å². The van der Waals surface area contributed by atoms with Crippen molar-refractivity contribution in [2.75, 3.05) is 0 Å². The van der Waals surface area contributed by atoms with Crippen molar-refractivity contribution in [1.29, 1.82) is 0 Å². The lowest BCUT2D eigenvalue weighted by atomic mass is 10.0. The van der Waals surface area contributed by atoms with Crippen molar-refractivity contribution in [3.05, 3.63) is 107 Å². The van der Waals surface area contributed by atoms with Crippen LogP contribution in [0.1, 0.15) is 22.3 Å².